The van der Waals surface area contributed by atoms with Gasteiger partial charge in [-0.3, -0.25) is 4.79 Å². The number of carbonyl (C=O) groups is 1. The van der Waals surface area contributed by atoms with Crippen molar-refractivity contribution in [1.82, 2.24) is 4.57 Å². The molecule has 0 bridgehead atoms. The molecule has 0 spiro atoms. The van der Waals surface area contributed by atoms with E-state index in [1.54, 1.807) is 0 Å². The number of imidazole rings is 1. The zero-order valence-corrected chi connectivity index (χ0v) is 10.5. The molecule has 0 atom stereocenters. The van der Waals surface area contributed by atoms with E-state index >= 15 is 0 Å². The van der Waals surface area contributed by atoms with Crippen LogP contribution in [0, 0.1) is 0 Å². The summed E-state index contributed by atoms with van der Waals surface area (Å²) in [4.78, 5) is 11.0. The van der Waals surface area contributed by atoms with Gasteiger partial charge in [-0.25, -0.2) is 9.13 Å². The smallest absolute Gasteiger partial charge is 0.245 e. The Morgan fingerprint density at radius 3 is 2.00 bits per heavy atom. The Labute approximate surface area is 91.7 Å². The van der Waals surface area contributed by atoms with E-state index in [0.717, 1.165) is 12.0 Å². The van der Waals surface area contributed by atoms with Crippen LogP contribution >= 0.6 is 0 Å². The summed E-state index contributed by atoms with van der Waals surface area (Å²) in [5.74, 6) is 0. The molecule has 0 aromatic carbocycles. The van der Waals surface area contributed by atoms with Crippen molar-refractivity contribution < 1.29 is 9.36 Å². The maximum atomic E-state index is 11.0. The molecule has 0 saturated heterocycles. The van der Waals surface area contributed by atoms with Crippen molar-refractivity contribution >= 4 is 6.29 Å². The lowest BCUT2D eigenvalue weighted by molar-refractivity contribution is -0.753. The lowest BCUT2D eigenvalue weighted by Crippen LogP contribution is -2.48. The summed E-state index contributed by atoms with van der Waals surface area (Å²) in [5.41, 5.74) is 0.665. The number of nitrogens with zero attached hydrogens (tertiary/aromatic N) is 2. The minimum Gasteiger partial charge on any atom is -0.294 e. The third kappa shape index (κ3) is 2.46. The largest absolute Gasteiger partial charge is 0.294 e. The van der Waals surface area contributed by atoms with Gasteiger partial charge in [0, 0.05) is 0 Å². The zero-order valence-electron chi connectivity index (χ0n) is 10.5. The fraction of sp³-hybridized carbons (Fsp3) is 0.667. The van der Waals surface area contributed by atoms with E-state index in [0.29, 0.717) is 0 Å². The van der Waals surface area contributed by atoms with Gasteiger partial charge in [0.1, 0.15) is 17.3 Å². The van der Waals surface area contributed by atoms with Crippen molar-refractivity contribution in [1.29, 1.82) is 0 Å². The van der Waals surface area contributed by atoms with Crippen molar-refractivity contribution in [3.8, 4) is 0 Å². The molecule has 84 valence electrons. The molecule has 1 aromatic heterocycles. The van der Waals surface area contributed by atoms with Crippen LogP contribution in [-0.4, -0.2) is 10.9 Å². The van der Waals surface area contributed by atoms with Crippen LogP contribution in [-0.2, 0) is 11.1 Å². The number of hydrogen-bond acceptors (Lipinski definition) is 1. The summed E-state index contributed by atoms with van der Waals surface area (Å²) in [6.07, 6.45) is 4.81. The van der Waals surface area contributed by atoms with Crippen LogP contribution in [0.2, 0.25) is 0 Å². The molecule has 0 fully saturated rings. The minimum atomic E-state index is -0.0628. The van der Waals surface area contributed by atoms with Gasteiger partial charge in [0.05, 0.1) is 0 Å². The molecule has 0 unspecified atom stereocenters. The molecule has 1 rings (SSSR count). The number of aromatic nitrogens is 2. The van der Waals surface area contributed by atoms with Crippen LogP contribution in [0.1, 0.15) is 52.0 Å². The van der Waals surface area contributed by atoms with Gasteiger partial charge in [-0.2, -0.15) is 0 Å². The summed E-state index contributed by atoms with van der Waals surface area (Å²) >= 11 is 0. The summed E-state index contributed by atoms with van der Waals surface area (Å²) in [6, 6.07) is 0. The summed E-state index contributed by atoms with van der Waals surface area (Å²) < 4.78 is 4.08. The molecule has 0 amide bonds. The Kier molecular flexibility index (Phi) is 2.77. The minimum absolute atomic E-state index is 0.00819. The van der Waals surface area contributed by atoms with E-state index in [4.69, 9.17) is 0 Å². The van der Waals surface area contributed by atoms with Crippen LogP contribution in [0.5, 0.6) is 0 Å². The van der Waals surface area contributed by atoms with E-state index in [1.165, 1.54) is 0 Å². The highest BCUT2D eigenvalue weighted by molar-refractivity contribution is 5.71. The van der Waals surface area contributed by atoms with E-state index in [-0.39, 0.29) is 11.1 Å². The van der Waals surface area contributed by atoms with Gasteiger partial charge in [-0.15, -0.1) is 0 Å². The first-order valence-electron chi connectivity index (χ1n) is 5.26. The van der Waals surface area contributed by atoms with Crippen molar-refractivity contribution in [3.05, 3.63) is 18.2 Å². The molecule has 1 aromatic rings. The first kappa shape index (κ1) is 12.0. The summed E-state index contributed by atoms with van der Waals surface area (Å²) in [5, 5.41) is 0. The first-order valence-corrected chi connectivity index (χ1v) is 5.26. The lowest BCUT2D eigenvalue weighted by atomic mass is 10.1. The fourth-order valence-corrected chi connectivity index (χ4v) is 1.44. The predicted octanol–water partition coefficient (Wildman–Crippen LogP) is 2.10. The second-order valence-electron chi connectivity index (χ2n) is 5.91. The van der Waals surface area contributed by atoms with Crippen molar-refractivity contribution in [3.63, 3.8) is 0 Å². The van der Waals surface area contributed by atoms with Crippen LogP contribution < -0.4 is 4.57 Å². The van der Waals surface area contributed by atoms with Crippen LogP contribution in [0.3, 0.4) is 0 Å². The van der Waals surface area contributed by atoms with Gasteiger partial charge in [-0.05, 0) is 41.5 Å². The van der Waals surface area contributed by atoms with Crippen LogP contribution in [0.15, 0.2) is 12.5 Å². The molecule has 3 heteroatoms. The average molecular weight is 209 g/mol. The number of hydrogen-bond donors (Lipinski definition) is 0. The normalized spacial score (nSPS) is 12.9. The Morgan fingerprint density at radius 1 is 1.20 bits per heavy atom. The highest BCUT2D eigenvalue weighted by atomic mass is 16.1. The lowest BCUT2D eigenvalue weighted by Gasteiger charge is -2.16. The quantitative estimate of drug-likeness (QED) is 0.514. The maximum Gasteiger partial charge on any atom is 0.245 e. The first-order chi connectivity index (χ1) is 6.66. The van der Waals surface area contributed by atoms with Gasteiger partial charge >= 0.3 is 0 Å². The van der Waals surface area contributed by atoms with E-state index in [9.17, 15) is 4.79 Å². The van der Waals surface area contributed by atoms with Crippen molar-refractivity contribution in [2.45, 2.75) is 52.6 Å². The Bertz CT molecular complexity index is 364. The molecule has 0 aliphatic heterocycles. The topological polar surface area (TPSA) is 25.9 Å². The van der Waals surface area contributed by atoms with E-state index < -0.39 is 0 Å². The van der Waals surface area contributed by atoms with Crippen LogP contribution in [0.4, 0.5) is 0 Å². The van der Waals surface area contributed by atoms with Gasteiger partial charge in [0.2, 0.25) is 12.0 Å². The second kappa shape index (κ2) is 3.47. The highest BCUT2D eigenvalue weighted by Crippen LogP contribution is 2.16. The molecule has 0 N–H and O–H groups in total. The van der Waals surface area contributed by atoms with Crippen LogP contribution in [0.25, 0.3) is 0 Å². The molecular formula is C12H21N2O+. The molecule has 15 heavy (non-hydrogen) atoms. The molecule has 1 heterocycles. The maximum absolute atomic E-state index is 11.0. The van der Waals surface area contributed by atoms with E-state index in [1.807, 2.05) is 17.1 Å². The zero-order chi connectivity index (χ0) is 11.9. The molecule has 0 saturated carbocycles. The Hall–Kier alpha value is -1.12. The van der Waals surface area contributed by atoms with Gasteiger partial charge in [0.15, 0.2) is 6.29 Å². The third-order valence-electron chi connectivity index (χ3n) is 2.41. The summed E-state index contributed by atoms with van der Waals surface area (Å²) in [7, 11) is 0. The number of rotatable bonds is 1. The third-order valence-corrected chi connectivity index (χ3v) is 2.41. The van der Waals surface area contributed by atoms with Gasteiger partial charge in [0.25, 0.3) is 0 Å². The van der Waals surface area contributed by atoms with Crippen molar-refractivity contribution in [2.24, 2.45) is 0 Å². The Balaban J connectivity index is 3.30. The molecule has 0 radical (unpaired) electrons. The molecule has 0 aliphatic carbocycles. The highest BCUT2D eigenvalue weighted by Gasteiger charge is 2.28. The Morgan fingerprint density at radius 2 is 1.73 bits per heavy atom. The fourth-order valence-electron chi connectivity index (χ4n) is 1.44. The number of carbonyl (C=O) groups excluding carboxylic acids is 1. The standard InChI is InChI=1S/C12H21N2O/c1-11(2,3)13-7-10(8-15)14(9-13)12(4,5)6/h7-9H,1-6H3/q+1. The predicted molar refractivity (Wildman–Crippen MR) is 60.0 cm³/mol. The van der Waals surface area contributed by atoms with Gasteiger partial charge in [-0.1, -0.05) is 0 Å². The molecular weight excluding hydrogens is 188 g/mol. The van der Waals surface area contributed by atoms with E-state index in [2.05, 4.69) is 46.1 Å². The van der Waals surface area contributed by atoms with Crippen molar-refractivity contribution in [2.75, 3.05) is 0 Å². The summed E-state index contributed by atoms with van der Waals surface area (Å²) in [6.45, 7) is 12.6. The SMILES string of the molecule is CC(C)(C)n1c[n+](C(C)(C)C)cc1C=O. The monoisotopic (exact) mass is 209 g/mol. The molecule has 0 aliphatic rings. The molecule has 3 nitrogen and oxygen atoms in total. The number of aldehydes is 1. The van der Waals surface area contributed by atoms with Gasteiger partial charge < -0.3 is 0 Å². The average Bonchev–Trinajstić information content (AvgIpc) is 2.44. The second-order valence-corrected chi connectivity index (χ2v) is 5.91.